The number of halogens is 1. The lowest BCUT2D eigenvalue weighted by Crippen LogP contribution is -2.15. The van der Waals surface area contributed by atoms with Crippen molar-refractivity contribution in [2.24, 2.45) is 0 Å². The van der Waals surface area contributed by atoms with E-state index in [9.17, 15) is 4.79 Å². The first-order chi connectivity index (χ1) is 7.24. The Hall–Kier alpha value is -0.620. The first kappa shape index (κ1) is 12.4. The van der Waals surface area contributed by atoms with Gasteiger partial charge in [0.05, 0.1) is 5.69 Å². The Morgan fingerprint density at radius 2 is 2.13 bits per heavy atom. The van der Waals surface area contributed by atoms with E-state index in [2.05, 4.69) is 33.2 Å². The van der Waals surface area contributed by atoms with Gasteiger partial charge in [-0.05, 0) is 54.7 Å². The monoisotopic (exact) mass is 318 g/mol. The highest BCUT2D eigenvalue weighted by molar-refractivity contribution is 14.1. The maximum atomic E-state index is 11.5. The van der Waals surface area contributed by atoms with Crippen LogP contribution in [0.25, 0.3) is 0 Å². The van der Waals surface area contributed by atoms with Crippen LogP contribution in [-0.2, 0) is 4.79 Å². The predicted octanol–water partition coefficient (Wildman–Crippen LogP) is 2.23. The summed E-state index contributed by atoms with van der Waals surface area (Å²) in [6.07, 6.45) is 1.43. The number of nitrogens with one attached hydrogen (secondary N) is 2. The zero-order valence-corrected chi connectivity index (χ0v) is 10.9. The van der Waals surface area contributed by atoms with Gasteiger partial charge in [0.1, 0.15) is 0 Å². The molecule has 82 valence electrons. The van der Waals surface area contributed by atoms with Crippen molar-refractivity contribution in [3.8, 4) is 0 Å². The molecule has 0 atom stereocenters. The van der Waals surface area contributed by atoms with E-state index >= 15 is 0 Å². The average molecular weight is 318 g/mol. The van der Waals surface area contributed by atoms with Crippen molar-refractivity contribution in [2.45, 2.75) is 12.8 Å². The lowest BCUT2D eigenvalue weighted by atomic mass is 10.2. The van der Waals surface area contributed by atoms with Crippen molar-refractivity contribution in [2.75, 3.05) is 18.9 Å². The Morgan fingerprint density at radius 1 is 1.40 bits per heavy atom. The van der Waals surface area contributed by atoms with Gasteiger partial charge in [0.25, 0.3) is 0 Å². The van der Waals surface area contributed by atoms with E-state index in [1.54, 1.807) is 0 Å². The summed E-state index contributed by atoms with van der Waals surface area (Å²) in [5, 5.41) is 5.91. The van der Waals surface area contributed by atoms with Crippen molar-refractivity contribution in [3.63, 3.8) is 0 Å². The lowest BCUT2D eigenvalue weighted by molar-refractivity contribution is -0.116. The Labute approximate surface area is 104 Å². The summed E-state index contributed by atoms with van der Waals surface area (Å²) in [7, 11) is 1.89. The lowest BCUT2D eigenvalue weighted by Gasteiger charge is -2.06. The Bertz CT molecular complexity index is 328. The topological polar surface area (TPSA) is 41.1 Å². The second-order valence-corrected chi connectivity index (χ2v) is 4.40. The maximum Gasteiger partial charge on any atom is 0.224 e. The van der Waals surface area contributed by atoms with Gasteiger partial charge in [0.2, 0.25) is 5.91 Å². The Kier molecular flexibility index (Phi) is 5.63. The van der Waals surface area contributed by atoms with Crippen molar-refractivity contribution in [3.05, 3.63) is 27.8 Å². The maximum absolute atomic E-state index is 11.5. The molecule has 0 aliphatic heterocycles. The summed E-state index contributed by atoms with van der Waals surface area (Å²) in [4.78, 5) is 11.5. The van der Waals surface area contributed by atoms with Crippen LogP contribution >= 0.6 is 22.6 Å². The first-order valence-electron chi connectivity index (χ1n) is 4.93. The van der Waals surface area contributed by atoms with Gasteiger partial charge in [0, 0.05) is 9.99 Å². The molecule has 0 spiro atoms. The van der Waals surface area contributed by atoms with Crippen molar-refractivity contribution in [1.82, 2.24) is 5.32 Å². The molecule has 0 aromatic heterocycles. The van der Waals surface area contributed by atoms with Gasteiger partial charge in [-0.25, -0.2) is 0 Å². The van der Waals surface area contributed by atoms with E-state index in [-0.39, 0.29) is 5.91 Å². The van der Waals surface area contributed by atoms with E-state index < -0.39 is 0 Å². The summed E-state index contributed by atoms with van der Waals surface area (Å²) in [5.41, 5.74) is 0.896. The number of hydrogen-bond donors (Lipinski definition) is 2. The SMILES string of the molecule is CNCCCC(=O)Nc1ccccc1I. The van der Waals surface area contributed by atoms with Gasteiger partial charge in [-0.3, -0.25) is 4.79 Å². The zero-order valence-electron chi connectivity index (χ0n) is 8.72. The largest absolute Gasteiger partial charge is 0.325 e. The summed E-state index contributed by atoms with van der Waals surface area (Å²) < 4.78 is 1.07. The van der Waals surface area contributed by atoms with E-state index in [4.69, 9.17) is 0 Å². The van der Waals surface area contributed by atoms with Crippen molar-refractivity contribution in [1.29, 1.82) is 0 Å². The third kappa shape index (κ3) is 4.61. The number of hydrogen-bond acceptors (Lipinski definition) is 2. The molecule has 15 heavy (non-hydrogen) atoms. The van der Waals surface area contributed by atoms with Crippen LogP contribution in [0.15, 0.2) is 24.3 Å². The van der Waals surface area contributed by atoms with Gasteiger partial charge in [-0.2, -0.15) is 0 Å². The number of benzene rings is 1. The highest BCUT2D eigenvalue weighted by Crippen LogP contribution is 2.17. The molecule has 0 aliphatic rings. The number of carbonyl (C=O) groups is 1. The second kappa shape index (κ2) is 6.79. The molecule has 0 radical (unpaired) electrons. The molecular weight excluding hydrogens is 303 g/mol. The fraction of sp³-hybridized carbons (Fsp3) is 0.364. The number of para-hydroxylation sites is 1. The van der Waals surface area contributed by atoms with E-state index in [0.717, 1.165) is 22.2 Å². The van der Waals surface area contributed by atoms with Crippen molar-refractivity contribution < 1.29 is 4.79 Å². The quantitative estimate of drug-likeness (QED) is 0.646. The molecule has 1 rings (SSSR count). The summed E-state index contributed by atoms with van der Waals surface area (Å²) in [6, 6.07) is 7.77. The van der Waals surface area contributed by atoms with Gasteiger partial charge < -0.3 is 10.6 Å². The van der Waals surface area contributed by atoms with Gasteiger partial charge in [-0.1, -0.05) is 12.1 Å². The minimum absolute atomic E-state index is 0.0781. The minimum Gasteiger partial charge on any atom is -0.325 e. The second-order valence-electron chi connectivity index (χ2n) is 3.24. The highest BCUT2D eigenvalue weighted by atomic mass is 127. The van der Waals surface area contributed by atoms with Gasteiger partial charge in [-0.15, -0.1) is 0 Å². The van der Waals surface area contributed by atoms with Crippen LogP contribution in [0.3, 0.4) is 0 Å². The van der Waals surface area contributed by atoms with Crippen LogP contribution in [-0.4, -0.2) is 19.5 Å². The number of anilines is 1. The molecule has 1 aromatic carbocycles. The molecule has 3 nitrogen and oxygen atoms in total. The van der Waals surface area contributed by atoms with Crippen molar-refractivity contribution >= 4 is 34.2 Å². The summed E-state index contributed by atoms with van der Waals surface area (Å²) in [6.45, 7) is 0.874. The fourth-order valence-electron chi connectivity index (χ4n) is 1.20. The van der Waals surface area contributed by atoms with Crippen LogP contribution < -0.4 is 10.6 Å². The zero-order chi connectivity index (χ0) is 11.1. The standard InChI is InChI=1S/C11H15IN2O/c1-13-8-4-7-11(15)14-10-6-3-2-5-9(10)12/h2-3,5-6,13H,4,7-8H2,1H3,(H,14,15). The molecule has 0 fully saturated rings. The highest BCUT2D eigenvalue weighted by Gasteiger charge is 2.03. The van der Waals surface area contributed by atoms with Gasteiger partial charge >= 0.3 is 0 Å². The molecule has 4 heteroatoms. The molecule has 0 saturated heterocycles. The smallest absolute Gasteiger partial charge is 0.224 e. The van der Waals surface area contributed by atoms with Crippen LogP contribution in [0.1, 0.15) is 12.8 Å². The van der Waals surface area contributed by atoms with E-state index in [1.165, 1.54) is 0 Å². The molecule has 1 amide bonds. The van der Waals surface area contributed by atoms with Crippen LogP contribution in [0.2, 0.25) is 0 Å². The summed E-state index contributed by atoms with van der Waals surface area (Å²) in [5.74, 6) is 0.0781. The number of amides is 1. The first-order valence-corrected chi connectivity index (χ1v) is 6.01. The Morgan fingerprint density at radius 3 is 2.80 bits per heavy atom. The number of carbonyl (C=O) groups excluding carboxylic acids is 1. The third-order valence-electron chi connectivity index (χ3n) is 1.98. The molecule has 0 saturated carbocycles. The van der Waals surface area contributed by atoms with Crippen LogP contribution in [0, 0.1) is 3.57 Å². The summed E-state index contributed by atoms with van der Waals surface area (Å²) >= 11 is 2.21. The molecule has 0 aliphatic carbocycles. The normalized spacial score (nSPS) is 10.0. The molecule has 1 aromatic rings. The predicted molar refractivity (Wildman–Crippen MR) is 70.9 cm³/mol. The molecular formula is C11H15IN2O. The van der Waals surface area contributed by atoms with Gasteiger partial charge in [0.15, 0.2) is 0 Å². The van der Waals surface area contributed by atoms with Crippen LogP contribution in [0.4, 0.5) is 5.69 Å². The van der Waals surface area contributed by atoms with Crippen LogP contribution in [0.5, 0.6) is 0 Å². The third-order valence-corrected chi connectivity index (χ3v) is 2.92. The number of rotatable bonds is 5. The molecule has 0 bridgehead atoms. The fourth-order valence-corrected chi connectivity index (χ4v) is 1.72. The Balaban J connectivity index is 2.41. The molecule has 0 unspecified atom stereocenters. The van der Waals surface area contributed by atoms with E-state index in [1.807, 2.05) is 31.3 Å². The molecule has 0 heterocycles. The molecule has 2 N–H and O–H groups in total. The minimum atomic E-state index is 0.0781. The van der Waals surface area contributed by atoms with E-state index in [0.29, 0.717) is 6.42 Å². The average Bonchev–Trinajstić information content (AvgIpc) is 2.22.